The predicted molar refractivity (Wildman–Crippen MR) is 119 cm³/mol. The minimum atomic E-state index is 0.325. The van der Waals surface area contributed by atoms with Crippen LogP contribution in [0.15, 0.2) is 55.1 Å². The second kappa shape index (κ2) is 9.70. The molecule has 6 heteroatoms. The smallest absolute Gasteiger partial charge is 0.185 e. The molecule has 0 amide bonds. The summed E-state index contributed by atoms with van der Waals surface area (Å²) in [6.07, 6.45) is 3.21. The summed E-state index contributed by atoms with van der Waals surface area (Å²) < 4.78 is 4.50. The Morgan fingerprint density at radius 1 is 1.28 bits per heavy atom. The molecule has 2 atom stereocenters. The van der Waals surface area contributed by atoms with Crippen LogP contribution in [0.1, 0.15) is 32.8 Å². The maximum Gasteiger partial charge on any atom is 0.185 e. The molecule has 0 aromatic heterocycles. The molecule has 1 aromatic rings. The quantitative estimate of drug-likeness (QED) is 0.110. The molecule has 0 bridgehead atoms. The molecule has 1 aromatic carbocycles. The number of hydrogen-bond acceptors (Lipinski definition) is 4. The molecule has 1 aliphatic heterocycles. The molecule has 0 radical (unpaired) electrons. The van der Waals surface area contributed by atoms with Gasteiger partial charge in [0.1, 0.15) is 5.70 Å². The molecule has 0 aliphatic carbocycles. The highest BCUT2D eigenvalue weighted by molar-refractivity contribution is 8.15. The average molecular weight is 392 g/mol. The third-order valence-electron chi connectivity index (χ3n) is 3.49. The maximum atomic E-state index is 4.57. The van der Waals surface area contributed by atoms with Gasteiger partial charge in [-0.05, 0) is 55.4 Å². The summed E-state index contributed by atoms with van der Waals surface area (Å²) in [5.74, 6) is 2.80. The highest BCUT2D eigenvalue weighted by atomic mass is 32.2. The van der Waals surface area contributed by atoms with Gasteiger partial charge in [0.2, 0.25) is 0 Å². The molecule has 0 N–H and O–H groups in total. The minimum Gasteiger partial charge on any atom is -0.257 e. The van der Waals surface area contributed by atoms with Crippen LogP contribution in [0.4, 0.5) is 0 Å². The van der Waals surface area contributed by atoms with Crippen molar-refractivity contribution in [2.24, 2.45) is 19.8 Å². The predicted octanol–water partition coefficient (Wildman–Crippen LogP) is 6.20. The van der Waals surface area contributed by atoms with Crippen LogP contribution in [0.2, 0.25) is 0 Å². The molecule has 3 nitrogen and oxygen atoms in total. The summed E-state index contributed by atoms with van der Waals surface area (Å²) >= 11 is 3.27. The second-order valence-corrected chi connectivity index (χ2v) is 10.6. The van der Waals surface area contributed by atoms with Crippen molar-refractivity contribution in [2.75, 3.05) is 5.08 Å². The van der Waals surface area contributed by atoms with Crippen LogP contribution in [-0.4, -0.2) is 29.5 Å². The zero-order valence-corrected chi connectivity index (χ0v) is 18.0. The summed E-state index contributed by atoms with van der Waals surface area (Å²) in [5.41, 5.74) is 2.98. The normalized spacial score (nSPS) is 19.1. The molecule has 134 valence electrons. The van der Waals surface area contributed by atoms with Gasteiger partial charge in [-0.3, -0.25) is 4.99 Å². The summed E-state index contributed by atoms with van der Waals surface area (Å²) in [5, 5.41) is 0.841. The van der Waals surface area contributed by atoms with E-state index in [1.807, 2.05) is 0 Å². The first-order chi connectivity index (χ1) is 11.9. The standard InChI is InChI=1S/C19H26N3PS2/c1-14-6-8-16(9-7-14)24-13-25-22-18(20-5)17-12-23-15(11-21-17)10-19(2,3)4/h6-9,11-12,15,23H,5,10,13H2,1-4H3/b22-18-. The Morgan fingerprint density at radius 3 is 2.56 bits per heavy atom. The lowest BCUT2D eigenvalue weighted by molar-refractivity contribution is 0.390. The van der Waals surface area contributed by atoms with Crippen LogP contribution in [0, 0.1) is 12.3 Å². The molecule has 0 spiro atoms. The van der Waals surface area contributed by atoms with Gasteiger partial charge in [0, 0.05) is 16.8 Å². The van der Waals surface area contributed by atoms with E-state index in [9.17, 15) is 0 Å². The van der Waals surface area contributed by atoms with Gasteiger partial charge >= 0.3 is 0 Å². The number of thioether (sulfide) groups is 1. The number of aryl methyl sites for hydroxylation is 1. The Labute approximate surface area is 161 Å². The lowest BCUT2D eigenvalue weighted by atomic mass is 9.90. The van der Waals surface area contributed by atoms with Gasteiger partial charge in [0.25, 0.3) is 0 Å². The van der Waals surface area contributed by atoms with Crippen LogP contribution < -0.4 is 0 Å². The lowest BCUT2D eigenvalue weighted by Gasteiger charge is -2.24. The van der Waals surface area contributed by atoms with Crippen LogP contribution in [0.5, 0.6) is 0 Å². The fourth-order valence-electron chi connectivity index (χ4n) is 2.30. The first kappa shape index (κ1) is 20.4. The van der Waals surface area contributed by atoms with Crippen molar-refractivity contribution in [2.45, 2.75) is 44.7 Å². The zero-order chi connectivity index (χ0) is 18.3. The maximum absolute atomic E-state index is 4.57. The van der Waals surface area contributed by atoms with E-state index in [-0.39, 0.29) is 0 Å². The molecule has 0 saturated heterocycles. The third kappa shape index (κ3) is 7.47. The Hall–Kier alpha value is -0.900. The summed E-state index contributed by atoms with van der Waals surface area (Å²) in [6.45, 7) is 12.6. The van der Waals surface area contributed by atoms with Crippen molar-refractivity contribution in [3.63, 3.8) is 0 Å². The van der Waals surface area contributed by atoms with E-state index >= 15 is 0 Å². The van der Waals surface area contributed by atoms with Gasteiger partial charge in [0.05, 0.1) is 5.08 Å². The SMILES string of the molecule is C=N/C(=N\SCSc1ccc(C)cc1)C1=CPC(CC(C)(C)C)C=N1. The molecule has 2 rings (SSSR count). The first-order valence-corrected chi connectivity index (χ1v) is 11.3. The largest absolute Gasteiger partial charge is 0.257 e. The molecule has 1 aliphatic rings. The van der Waals surface area contributed by atoms with Crippen LogP contribution in [0.3, 0.4) is 0 Å². The Balaban J connectivity index is 1.85. The average Bonchev–Trinajstić information content (AvgIpc) is 2.56. The van der Waals surface area contributed by atoms with Gasteiger partial charge in [0.15, 0.2) is 5.84 Å². The van der Waals surface area contributed by atoms with Gasteiger partial charge in [-0.1, -0.05) is 47.0 Å². The number of nitrogens with zero attached hydrogens (tertiary/aromatic N) is 3. The topological polar surface area (TPSA) is 37.1 Å². The molecule has 0 fully saturated rings. The van der Waals surface area contributed by atoms with Crippen molar-refractivity contribution >= 4 is 51.1 Å². The monoisotopic (exact) mass is 391 g/mol. The Morgan fingerprint density at radius 2 is 2.00 bits per heavy atom. The Kier molecular flexibility index (Phi) is 7.92. The van der Waals surface area contributed by atoms with Crippen molar-refractivity contribution in [3.8, 4) is 0 Å². The van der Waals surface area contributed by atoms with Crippen molar-refractivity contribution in [3.05, 3.63) is 41.3 Å². The highest BCUT2D eigenvalue weighted by Crippen LogP contribution is 2.35. The summed E-state index contributed by atoms with van der Waals surface area (Å²) in [4.78, 5) is 9.88. The molecular formula is C19H26N3PS2. The third-order valence-corrected chi connectivity index (χ3v) is 6.51. The number of amidine groups is 1. The number of benzene rings is 1. The first-order valence-electron chi connectivity index (χ1n) is 8.24. The van der Waals surface area contributed by atoms with Crippen LogP contribution in [-0.2, 0) is 0 Å². The summed E-state index contributed by atoms with van der Waals surface area (Å²) in [7, 11) is 0.730. The van der Waals surface area contributed by atoms with Crippen molar-refractivity contribution in [1.82, 2.24) is 0 Å². The van der Waals surface area contributed by atoms with E-state index in [0.717, 1.165) is 25.8 Å². The van der Waals surface area contributed by atoms with Gasteiger partial charge in [-0.15, -0.1) is 11.8 Å². The van der Waals surface area contributed by atoms with E-state index in [1.165, 1.54) is 22.4 Å². The number of aliphatic imine (C=N–C) groups is 2. The van der Waals surface area contributed by atoms with E-state index in [2.05, 4.69) is 85.1 Å². The summed E-state index contributed by atoms with van der Waals surface area (Å²) in [6, 6.07) is 8.54. The molecular weight excluding hydrogens is 365 g/mol. The second-order valence-electron chi connectivity index (χ2n) is 7.12. The van der Waals surface area contributed by atoms with E-state index < -0.39 is 0 Å². The molecule has 2 unspecified atom stereocenters. The zero-order valence-electron chi connectivity index (χ0n) is 15.3. The molecule has 25 heavy (non-hydrogen) atoms. The number of hydrogen-bond donors (Lipinski definition) is 0. The number of rotatable bonds is 6. The van der Waals surface area contributed by atoms with E-state index in [4.69, 9.17) is 0 Å². The Bertz CT molecular complexity index is 673. The van der Waals surface area contributed by atoms with Gasteiger partial charge in [-0.25, -0.2) is 4.99 Å². The van der Waals surface area contributed by atoms with Crippen molar-refractivity contribution < 1.29 is 0 Å². The molecule has 0 saturated carbocycles. The van der Waals surface area contributed by atoms with Crippen LogP contribution in [0.25, 0.3) is 0 Å². The lowest BCUT2D eigenvalue weighted by Crippen LogP contribution is -2.17. The highest BCUT2D eigenvalue weighted by Gasteiger charge is 2.19. The van der Waals surface area contributed by atoms with Crippen LogP contribution >= 0.6 is 32.3 Å². The minimum absolute atomic E-state index is 0.325. The van der Waals surface area contributed by atoms with Gasteiger partial charge < -0.3 is 0 Å². The fourth-order valence-corrected chi connectivity index (χ4v) is 5.34. The van der Waals surface area contributed by atoms with E-state index in [1.54, 1.807) is 11.8 Å². The van der Waals surface area contributed by atoms with Crippen molar-refractivity contribution in [1.29, 1.82) is 0 Å². The van der Waals surface area contributed by atoms with E-state index in [0.29, 0.717) is 16.9 Å². The fraction of sp³-hybridized carbons (Fsp3) is 0.421. The van der Waals surface area contributed by atoms with Gasteiger partial charge in [-0.2, -0.15) is 4.40 Å². The molecule has 1 heterocycles.